The van der Waals surface area contributed by atoms with Crippen LogP contribution < -0.4 is 0 Å². The van der Waals surface area contributed by atoms with Crippen molar-refractivity contribution in [2.24, 2.45) is 0 Å². The van der Waals surface area contributed by atoms with Gasteiger partial charge in [0.1, 0.15) is 0 Å². The van der Waals surface area contributed by atoms with E-state index in [1.807, 2.05) is 0 Å². The first-order valence-electron chi connectivity index (χ1n) is 3.39. The van der Waals surface area contributed by atoms with E-state index in [0.717, 1.165) is 13.0 Å². The molecule has 0 aromatic carbocycles. The zero-order valence-electron chi connectivity index (χ0n) is 5.67. The van der Waals surface area contributed by atoms with Crippen LogP contribution >= 0.6 is 11.3 Å². The second-order valence-electron chi connectivity index (χ2n) is 2.42. The zero-order valence-corrected chi connectivity index (χ0v) is 6.49. The van der Waals surface area contributed by atoms with Crippen molar-refractivity contribution < 1.29 is 4.74 Å². The third-order valence-electron chi connectivity index (χ3n) is 1.76. The van der Waals surface area contributed by atoms with Crippen LogP contribution in [0.4, 0.5) is 0 Å². The Bertz CT molecular complexity index is 229. The molecular formula is C8H9OS. The first-order chi connectivity index (χ1) is 4.88. The minimum Gasteiger partial charge on any atom is -0.372 e. The highest BCUT2D eigenvalue weighted by molar-refractivity contribution is 7.10. The first-order valence-corrected chi connectivity index (χ1v) is 4.27. The molecule has 0 fully saturated rings. The van der Waals surface area contributed by atoms with Crippen LogP contribution in [0.15, 0.2) is 11.4 Å². The predicted octanol–water partition coefficient (Wildman–Crippen LogP) is 2.20. The number of fused-ring (bicyclic) bond motifs is 1. The molecule has 1 atom stereocenters. The van der Waals surface area contributed by atoms with Crippen molar-refractivity contribution >= 4 is 11.3 Å². The molecule has 1 nitrogen and oxygen atoms in total. The molecule has 0 amide bonds. The van der Waals surface area contributed by atoms with Gasteiger partial charge in [-0.1, -0.05) is 0 Å². The Hall–Kier alpha value is -0.340. The quantitative estimate of drug-likeness (QED) is 0.555. The van der Waals surface area contributed by atoms with Crippen molar-refractivity contribution in [3.63, 3.8) is 0 Å². The van der Waals surface area contributed by atoms with Crippen LogP contribution in [0.25, 0.3) is 0 Å². The van der Waals surface area contributed by atoms with Crippen molar-refractivity contribution in [1.82, 2.24) is 0 Å². The average Bonchev–Trinajstić information content (AvgIpc) is 2.36. The van der Waals surface area contributed by atoms with Gasteiger partial charge in [-0.05, 0) is 30.4 Å². The minimum atomic E-state index is 0.0868. The van der Waals surface area contributed by atoms with Crippen molar-refractivity contribution in [3.05, 3.63) is 28.8 Å². The summed E-state index contributed by atoms with van der Waals surface area (Å²) in [5.74, 6) is 0. The van der Waals surface area contributed by atoms with E-state index in [4.69, 9.17) is 4.74 Å². The van der Waals surface area contributed by atoms with Crippen LogP contribution in [0.2, 0.25) is 0 Å². The molecular weight excluding hydrogens is 144 g/mol. The van der Waals surface area contributed by atoms with Crippen LogP contribution in [0.5, 0.6) is 0 Å². The van der Waals surface area contributed by atoms with Crippen LogP contribution in [0.1, 0.15) is 16.5 Å². The summed E-state index contributed by atoms with van der Waals surface area (Å²) in [6.45, 7) is 4.73. The highest BCUT2D eigenvalue weighted by atomic mass is 32.1. The lowest BCUT2D eigenvalue weighted by molar-refractivity contribution is 0.0761. The van der Waals surface area contributed by atoms with Crippen LogP contribution in [0.3, 0.4) is 0 Å². The number of ether oxygens (including phenoxy) is 1. The van der Waals surface area contributed by atoms with Gasteiger partial charge in [0.05, 0.1) is 12.7 Å². The summed E-state index contributed by atoms with van der Waals surface area (Å²) in [7, 11) is 0. The molecule has 10 heavy (non-hydrogen) atoms. The number of thiophene rings is 1. The molecule has 0 unspecified atom stereocenters. The van der Waals surface area contributed by atoms with Crippen LogP contribution in [-0.4, -0.2) is 6.61 Å². The molecule has 0 saturated carbocycles. The summed E-state index contributed by atoms with van der Waals surface area (Å²) in [5, 5.41) is 2.11. The Balaban J connectivity index is 2.41. The maximum atomic E-state index is 5.36. The van der Waals surface area contributed by atoms with Gasteiger partial charge in [0, 0.05) is 4.88 Å². The Kier molecular flexibility index (Phi) is 1.51. The monoisotopic (exact) mass is 153 g/mol. The Morgan fingerprint density at radius 3 is 3.40 bits per heavy atom. The molecule has 53 valence electrons. The summed E-state index contributed by atoms with van der Waals surface area (Å²) in [4.78, 5) is 1.31. The summed E-state index contributed by atoms with van der Waals surface area (Å²) in [6.07, 6.45) is 1.15. The maximum Gasteiger partial charge on any atom is 0.0920 e. The predicted molar refractivity (Wildman–Crippen MR) is 42.1 cm³/mol. The highest BCUT2D eigenvalue weighted by Gasteiger charge is 2.16. The topological polar surface area (TPSA) is 9.23 Å². The highest BCUT2D eigenvalue weighted by Crippen LogP contribution is 2.30. The van der Waals surface area contributed by atoms with Gasteiger partial charge in [0.15, 0.2) is 0 Å². The van der Waals surface area contributed by atoms with E-state index in [-0.39, 0.29) is 6.10 Å². The van der Waals surface area contributed by atoms with Crippen molar-refractivity contribution in [1.29, 1.82) is 0 Å². The third kappa shape index (κ3) is 0.879. The van der Waals surface area contributed by atoms with Gasteiger partial charge < -0.3 is 4.74 Å². The second kappa shape index (κ2) is 2.36. The van der Waals surface area contributed by atoms with Gasteiger partial charge in [-0.3, -0.25) is 0 Å². The lowest BCUT2D eigenvalue weighted by Crippen LogP contribution is -2.10. The number of hydrogen-bond donors (Lipinski definition) is 0. The standard InChI is InChI=1S/C8H9OS/c1-6-8-7(2-4-9-6)3-5-10-8/h3,5-6H,1-2,4H2/t6-/m0/s1. The van der Waals surface area contributed by atoms with E-state index < -0.39 is 0 Å². The molecule has 2 rings (SSSR count). The summed E-state index contributed by atoms with van der Waals surface area (Å²) in [5.41, 5.74) is 1.43. The third-order valence-corrected chi connectivity index (χ3v) is 2.81. The summed E-state index contributed by atoms with van der Waals surface area (Å²) >= 11 is 1.75. The number of hydrogen-bond acceptors (Lipinski definition) is 2. The molecule has 0 N–H and O–H groups in total. The van der Waals surface area contributed by atoms with E-state index in [1.165, 1.54) is 10.4 Å². The van der Waals surface area contributed by atoms with E-state index >= 15 is 0 Å². The van der Waals surface area contributed by atoms with E-state index in [0.29, 0.717) is 0 Å². The molecule has 1 radical (unpaired) electrons. The van der Waals surface area contributed by atoms with Crippen LogP contribution in [-0.2, 0) is 11.2 Å². The Labute approximate surface area is 64.6 Å². The SMILES string of the molecule is [CH2][C@@H]1OCCc2ccsc21. The fraction of sp³-hybridized carbons (Fsp3) is 0.375. The van der Waals surface area contributed by atoms with Crippen molar-refractivity contribution in [2.45, 2.75) is 12.5 Å². The molecule has 0 spiro atoms. The lowest BCUT2D eigenvalue weighted by Gasteiger charge is -2.18. The zero-order chi connectivity index (χ0) is 6.97. The Morgan fingerprint density at radius 2 is 2.60 bits per heavy atom. The lowest BCUT2D eigenvalue weighted by atomic mass is 10.1. The van der Waals surface area contributed by atoms with Gasteiger partial charge in [0.2, 0.25) is 0 Å². The van der Waals surface area contributed by atoms with Gasteiger partial charge >= 0.3 is 0 Å². The normalized spacial score (nSPS) is 24.3. The fourth-order valence-electron chi connectivity index (χ4n) is 1.22. The molecule has 1 aliphatic heterocycles. The van der Waals surface area contributed by atoms with Crippen LogP contribution in [0, 0.1) is 6.92 Å². The molecule has 0 bridgehead atoms. The van der Waals surface area contributed by atoms with Gasteiger partial charge in [-0.15, -0.1) is 11.3 Å². The van der Waals surface area contributed by atoms with Gasteiger partial charge in [-0.2, -0.15) is 0 Å². The molecule has 0 aliphatic carbocycles. The molecule has 1 aliphatic rings. The smallest absolute Gasteiger partial charge is 0.0920 e. The number of rotatable bonds is 0. The molecule has 1 aromatic heterocycles. The largest absolute Gasteiger partial charge is 0.372 e. The Morgan fingerprint density at radius 1 is 1.70 bits per heavy atom. The summed E-state index contributed by atoms with van der Waals surface area (Å²) < 4.78 is 5.36. The summed E-state index contributed by atoms with van der Waals surface area (Å²) in [6, 6.07) is 2.17. The van der Waals surface area contributed by atoms with Gasteiger partial charge in [-0.25, -0.2) is 0 Å². The van der Waals surface area contributed by atoms with E-state index in [2.05, 4.69) is 18.4 Å². The molecule has 2 heterocycles. The minimum absolute atomic E-state index is 0.0868. The van der Waals surface area contributed by atoms with Crippen molar-refractivity contribution in [2.75, 3.05) is 6.61 Å². The van der Waals surface area contributed by atoms with E-state index in [1.54, 1.807) is 11.3 Å². The van der Waals surface area contributed by atoms with E-state index in [9.17, 15) is 0 Å². The second-order valence-corrected chi connectivity index (χ2v) is 3.37. The molecule has 0 saturated heterocycles. The van der Waals surface area contributed by atoms with Crippen molar-refractivity contribution in [3.8, 4) is 0 Å². The maximum absolute atomic E-state index is 5.36. The average molecular weight is 153 g/mol. The first kappa shape index (κ1) is 6.38. The fourth-order valence-corrected chi connectivity index (χ4v) is 2.14. The molecule has 2 heteroatoms. The molecule has 1 aromatic rings. The van der Waals surface area contributed by atoms with Gasteiger partial charge in [0.25, 0.3) is 0 Å².